The Hall–Kier alpha value is -1.36. The normalized spacial score (nSPS) is 27.2. The first-order valence-corrected chi connectivity index (χ1v) is 7.08. The second-order valence-corrected chi connectivity index (χ2v) is 5.53. The van der Waals surface area contributed by atoms with Crippen LogP contribution in [-0.2, 0) is 4.74 Å². The number of aromatic nitrogens is 2. The molecular weight excluding hydrogens is 242 g/mol. The highest BCUT2D eigenvalue weighted by Crippen LogP contribution is 2.39. The zero-order chi connectivity index (χ0) is 13.2. The van der Waals surface area contributed by atoms with Crippen LogP contribution < -0.4 is 10.5 Å². The van der Waals surface area contributed by atoms with E-state index in [4.69, 9.17) is 15.2 Å². The Morgan fingerprint density at radius 2 is 1.95 bits per heavy atom. The maximum Gasteiger partial charge on any atom is 0.219 e. The van der Waals surface area contributed by atoms with Crippen LogP contribution in [0.15, 0.2) is 6.07 Å². The Labute approximate surface area is 113 Å². The van der Waals surface area contributed by atoms with Gasteiger partial charge in [0.05, 0.1) is 6.10 Å². The van der Waals surface area contributed by atoms with E-state index in [1.807, 2.05) is 0 Å². The lowest BCUT2D eigenvalue weighted by Gasteiger charge is -2.28. The molecule has 2 atom stereocenters. The van der Waals surface area contributed by atoms with E-state index in [9.17, 15) is 0 Å². The lowest BCUT2D eigenvalue weighted by Crippen LogP contribution is -2.29. The number of rotatable bonds is 4. The number of nitrogen functional groups attached to an aromatic ring is 1. The minimum absolute atomic E-state index is 0.181. The van der Waals surface area contributed by atoms with Crippen LogP contribution in [0.3, 0.4) is 0 Å². The number of nitrogens with two attached hydrogens (primary N) is 1. The summed E-state index contributed by atoms with van der Waals surface area (Å²) in [6.45, 7) is 0. The van der Waals surface area contributed by atoms with E-state index in [0.29, 0.717) is 23.7 Å². The summed E-state index contributed by atoms with van der Waals surface area (Å²) in [7, 11) is 1.76. The highest BCUT2D eigenvalue weighted by Gasteiger charge is 2.28. The molecule has 0 spiro atoms. The molecule has 1 aromatic heterocycles. The van der Waals surface area contributed by atoms with Gasteiger partial charge in [0.25, 0.3) is 0 Å². The highest BCUT2D eigenvalue weighted by molar-refractivity contribution is 5.34. The molecule has 0 amide bonds. The zero-order valence-corrected chi connectivity index (χ0v) is 11.3. The molecule has 2 aliphatic carbocycles. The predicted molar refractivity (Wildman–Crippen MR) is 72.1 cm³/mol. The molecule has 0 bridgehead atoms. The minimum Gasteiger partial charge on any atom is -0.474 e. The quantitative estimate of drug-likeness (QED) is 0.902. The third kappa shape index (κ3) is 3.15. The second kappa shape index (κ2) is 5.33. The molecule has 104 valence electrons. The van der Waals surface area contributed by atoms with E-state index in [2.05, 4.69) is 9.97 Å². The standard InChI is InChI=1S/C14H21N3O2/c1-18-10-3-2-4-11(7-10)19-13-8-12(15)16-14(17-13)9-5-6-9/h8-11H,2-7H2,1H3,(H2,15,16,17). The van der Waals surface area contributed by atoms with Gasteiger partial charge >= 0.3 is 0 Å². The lowest BCUT2D eigenvalue weighted by molar-refractivity contribution is 0.0194. The molecule has 2 N–H and O–H groups in total. The number of ether oxygens (including phenoxy) is 2. The highest BCUT2D eigenvalue weighted by atomic mass is 16.5. The third-order valence-corrected chi connectivity index (χ3v) is 3.88. The van der Waals surface area contributed by atoms with Crippen LogP contribution in [0.1, 0.15) is 50.3 Å². The molecular formula is C14H21N3O2. The molecule has 1 aromatic rings. The van der Waals surface area contributed by atoms with E-state index in [1.165, 1.54) is 0 Å². The molecule has 5 heteroatoms. The van der Waals surface area contributed by atoms with E-state index in [0.717, 1.165) is 44.3 Å². The molecule has 0 aliphatic heterocycles. The summed E-state index contributed by atoms with van der Waals surface area (Å²) in [5, 5.41) is 0. The molecule has 0 aromatic carbocycles. The summed E-state index contributed by atoms with van der Waals surface area (Å²) >= 11 is 0. The van der Waals surface area contributed by atoms with E-state index in [1.54, 1.807) is 13.2 Å². The van der Waals surface area contributed by atoms with Gasteiger partial charge in [0.2, 0.25) is 5.88 Å². The van der Waals surface area contributed by atoms with Gasteiger partial charge in [-0.15, -0.1) is 0 Å². The Bertz CT molecular complexity index is 448. The van der Waals surface area contributed by atoms with E-state index < -0.39 is 0 Å². The van der Waals surface area contributed by atoms with Gasteiger partial charge < -0.3 is 15.2 Å². The predicted octanol–water partition coefficient (Wildman–Crippen LogP) is 2.27. The number of anilines is 1. The molecule has 1 heterocycles. The van der Waals surface area contributed by atoms with Gasteiger partial charge in [-0.3, -0.25) is 0 Å². The smallest absolute Gasteiger partial charge is 0.219 e. The molecule has 2 saturated carbocycles. The average molecular weight is 263 g/mol. The Morgan fingerprint density at radius 1 is 1.16 bits per heavy atom. The molecule has 19 heavy (non-hydrogen) atoms. The van der Waals surface area contributed by atoms with Crippen molar-refractivity contribution < 1.29 is 9.47 Å². The summed E-state index contributed by atoms with van der Waals surface area (Å²) in [6.07, 6.45) is 7.06. The van der Waals surface area contributed by atoms with Gasteiger partial charge in [-0.1, -0.05) is 0 Å². The third-order valence-electron chi connectivity index (χ3n) is 3.88. The fraction of sp³-hybridized carbons (Fsp3) is 0.714. The largest absolute Gasteiger partial charge is 0.474 e. The fourth-order valence-corrected chi connectivity index (χ4v) is 2.64. The van der Waals surface area contributed by atoms with Crippen molar-refractivity contribution in [2.24, 2.45) is 0 Å². The first kappa shape index (κ1) is 12.7. The summed E-state index contributed by atoms with van der Waals surface area (Å²) < 4.78 is 11.4. The van der Waals surface area contributed by atoms with Crippen molar-refractivity contribution >= 4 is 5.82 Å². The van der Waals surface area contributed by atoms with Crippen molar-refractivity contribution in [3.05, 3.63) is 11.9 Å². The average Bonchev–Trinajstić information content (AvgIpc) is 3.22. The number of hydrogen-bond donors (Lipinski definition) is 1. The van der Waals surface area contributed by atoms with Crippen LogP contribution in [0.5, 0.6) is 5.88 Å². The van der Waals surface area contributed by atoms with Gasteiger partial charge in [0, 0.05) is 25.5 Å². The van der Waals surface area contributed by atoms with Gasteiger partial charge in [-0.05, 0) is 32.1 Å². The van der Waals surface area contributed by atoms with Crippen molar-refractivity contribution in [3.63, 3.8) is 0 Å². The molecule has 2 fully saturated rings. The Balaban J connectivity index is 1.68. The number of hydrogen-bond acceptors (Lipinski definition) is 5. The van der Waals surface area contributed by atoms with Gasteiger partial charge in [0.15, 0.2) is 0 Å². The lowest BCUT2D eigenvalue weighted by atomic mass is 9.95. The van der Waals surface area contributed by atoms with Crippen molar-refractivity contribution in [3.8, 4) is 5.88 Å². The van der Waals surface area contributed by atoms with Gasteiger partial charge in [0.1, 0.15) is 17.7 Å². The summed E-state index contributed by atoms with van der Waals surface area (Å²) in [6, 6.07) is 1.72. The van der Waals surface area contributed by atoms with Crippen LogP contribution in [0, 0.1) is 0 Å². The fourth-order valence-electron chi connectivity index (χ4n) is 2.64. The Kier molecular flexibility index (Phi) is 3.55. The second-order valence-electron chi connectivity index (χ2n) is 5.53. The number of methoxy groups -OCH3 is 1. The maximum atomic E-state index is 5.98. The van der Waals surface area contributed by atoms with Crippen LogP contribution in [-0.4, -0.2) is 29.3 Å². The van der Waals surface area contributed by atoms with Crippen LogP contribution >= 0.6 is 0 Å². The Morgan fingerprint density at radius 3 is 2.68 bits per heavy atom. The van der Waals surface area contributed by atoms with Crippen LogP contribution in [0.25, 0.3) is 0 Å². The monoisotopic (exact) mass is 263 g/mol. The van der Waals surface area contributed by atoms with Gasteiger partial charge in [-0.2, -0.15) is 4.98 Å². The molecule has 3 rings (SSSR count). The molecule has 0 radical (unpaired) electrons. The van der Waals surface area contributed by atoms with Crippen molar-refractivity contribution in [2.45, 2.75) is 56.7 Å². The van der Waals surface area contributed by atoms with Crippen molar-refractivity contribution in [1.29, 1.82) is 0 Å². The molecule has 0 saturated heterocycles. The summed E-state index contributed by atoms with van der Waals surface area (Å²) in [5.74, 6) is 2.46. The molecule has 2 unspecified atom stereocenters. The number of nitrogens with zero attached hydrogens (tertiary/aromatic N) is 2. The zero-order valence-electron chi connectivity index (χ0n) is 11.3. The van der Waals surface area contributed by atoms with Crippen LogP contribution in [0.2, 0.25) is 0 Å². The minimum atomic E-state index is 0.181. The van der Waals surface area contributed by atoms with E-state index >= 15 is 0 Å². The SMILES string of the molecule is COC1CCCC(Oc2cc(N)nc(C3CC3)n2)C1. The topological polar surface area (TPSA) is 70.3 Å². The first-order valence-electron chi connectivity index (χ1n) is 7.08. The van der Waals surface area contributed by atoms with Gasteiger partial charge in [-0.25, -0.2) is 4.98 Å². The van der Waals surface area contributed by atoms with Crippen LogP contribution in [0.4, 0.5) is 5.82 Å². The molecule has 2 aliphatic rings. The summed E-state index contributed by atoms with van der Waals surface area (Å²) in [4.78, 5) is 8.77. The van der Waals surface area contributed by atoms with Crippen molar-refractivity contribution in [2.75, 3.05) is 12.8 Å². The van der Waals surface area contributed by atoms with E-state index in [-0.39, 0.29) is 6.10 Å². The van der Waals surface area contributed by atoms with Crippen molar-refractivity contribution in [1.82, 2.24) is 9.97 Å². The maximum absolute atomic E-state index is 5.98. The first-order chi connectivity index (χ1) is 9.24. The summed E-state index contributed by atoms with van der Waals surface area (Å²) in [5.41, 5.74) is 5.83. The molecule has 5 nitrogen and oxygen atoms in total.